The van der Waals surface area contributed by atoms with E-state index in [0.29, 0.717) is 11.6 Å². The van der Waals surface area contributed by atoms with Crippen LogP contribution in [-0.2, 0) is 0 Å². The number of hydrogen-bond donors (Lipinski definition) is 2. The fourth-order valence-corrected chi connectivity index (χ4v) is 4.49. The number of halogens is 1. The Labute approximate surface area is 197 Å². The molecule has 0 aliphatic rings. The Bertz CT molecular complexity index is 1350. The average molecular weight is 453 g/mol. The lowest BCUT2D eigenvalue weighted by Gasteiger charge is -2.19. The van der Waals surface area contributed by atoms with Gasteiger partial charge in [-0.1, -0.05) is 48.5 Å². The number of rotatable bonds is 5. The fraction of sp³-hybridized carbons (Fsp3) is 0.111. The molecule has 0 spiro atoms. The number of anilines is 2. The Morgan fingerprint density at radius 2 is 1.06 bits per heavy atom. The lowest BCUT2D eigenvalue weighted by atomic mass is 9.84. The van der Waals surface area contributed by atoms with E-state index in [4.69, 9.17) is 21.7 Å². The molecule has 0 amide bonds. The van der Waals surface area contributed by atoms with E-state index in [1.807, 2.05) is 74.5 Å². The summed E-state index contributed by atoms with van der Waals surface area (Å²) in [6.07, 6.45) is 0. The van der Waals surface area contributed by atoms with Crippen LogP contribution >= 0.6 is 0 Å². The van der Waals surface area contributed by atoms with Crippen molar-refractivity contribution in [1.29, 1.82) is 0 Å². The Balaban J connectivity index is 1.75. The summed E-state index contributed by atoms with van der Waals surface area (Å²) < 4.78 is 17.3. The molecule has 0 aliphatic heterocycles. The first-order chi connectivity index (χ1) is 16.5. The van der Waals surface area contributed by atoms with Crippen molar-refractivity contribution in [3.05, 3.63) is 119 Å². The summed E-state index contributed by atoms with van der Waals surface area (Å²) in [5, 5.41) is 9.49. The maximum Gasteiger partial charge on any atom is 0.131 e. The Hall–Kier alpha value is -4.39. The van der Waals surface area contributed by atoms with Gasteiger partial charge in [-0.05, 0) is 55.8 Å². The van der Waals surface area contributed by atoms with Crippen LogP contribution in [0.5, 0.6) is 0 Å². The predicted octanol–water partition coefficient (Wildman–Crippen LogP) is 5.16. The molecule has 2 aromatic heterocycles. The zero-order valence-electron chi connectivity index (χ0n) is 19.0. The summed E-state index contributed by atoms with van der Waals surface area (Å²) in [7, 11) is 0. The van der Waals surface area contributed by atoms with Crippen LogP contribution in [0.3, 0.4) is 0 Å². The van der Waals surface area contributed by atoms with Crippen LogP contribution in [0.25, 0.3) is 11.4 Å². The third-order valence-corrected chi connectivity index (χ3v) is 6.07. The molecule has 3 aromatic carbocycles. The molecule has 5 rings (SSSR count). The van der Waals surface area contributed by atoms with E-state index in [9.17, 15) is 4.39 Å². The number of nitrogens with two attached hydrogens (primary N) is 2. The van der Waals surface area contributed by atoms with Gasteiger partial charge in [0.05, 0.1) is 22.8 Å². The number of aryl methyl sites for hydroxylation is 2. The topological polar surface area (TPSA) is 87.7 Å². The number of aromatic nitrogens is 4. The maximum atomic E-state index is 13.8. The summed E-state index contributed by atoms with van der Waals surface area (Å²) in [6.45, 7) is 3.85. The Morgan fingerprint density at radius 1 is 0.647 bits per heavy atom. The van der Waals surface area contributed by atoms with Crippen LogP contribution < -0.4 is 11.5 Å². The molecule has 0 bridgehead atoms. The molecule has 4 N–H and O–H groups in total. The van der Waals surface area contributed by atoms with Crippen molar-refractivity contribution in [1.82, 2.24) is 19.6 Å². The molecule has 0 atom stereocenters. The molecular weight excluding hydrogens is 427 g/mol. The summed E-state index contributed by atoms with van der Waals surface area (Å²) in [4.78, 5) is 0. The highest BCUT2D eigenvalue weighted by Gasteiger charge is 2.31. The minimum absolute atomic E-state index is 0.308. The number of nitrogens with zero attached hydrogens (tertiary/aromatic N) is 4. The van der Waals surface area contributed by atoms with E-state index in [1.54, 1.807) is 21.5 Å². The van der Waals surface area contributed by atoms with Crippen molar-refractivity contribution in [2.45, 2.75) is 19.8 Å². The molecule has 34 heavy (non-hydrogen) atoms. The van der Waals surface area contributed by atoms with Crippen LogP contribution in [0.15, 0.2) is 84.9 Å². The smallest absolute Gasteiger partial charge is 0.131 e. The van der Waals surface area contributed by atoms with Crippen LogP contribution in [0.1, 0.15) is 34.0 Å². The lowest BCUT2D eigenvalue weighted by molar-refractivity contribution is 0.627. The normalized spacial score (nSPS) is 11.3. The highest BCUT2D eigenvalue weighted by molar-refractivity contribution is 5.63. The standard InChI is InChI=1S/C27H25FN6/c1-17-23(26(29)33(31-17)21-9-5-3-6-10-21)25(19-13-15-20(28)16-14-19)24-18(2)32-34(27(24)30)22-11-7-4-8-12-22/h3-16,25H,29-30H2,1-2H3. The Morgan fingerprint density at radius 3 is 1.47 bits per heavy atom. The van der Waals surface area contributed by atoms with E-state index in [-0.39, 0.29) is 11.7 Å². The maximum absolute atomic E-state index is 13.8. The van der Waals surface area contributed by atoms with Gasteiger partial charge in [0, 0.05) is 17.0 Å². The highest BCUT2D eigenvalue weighted by atomic mass is 19.1. The molecule has 0 radical (unpaired) electrons. The number of para-hydroxylation sites is 2. The monoisotopic (exact) mass is 452 g/mol. The lowest BCUT2D eigenvalue weighted by Crippen LogP contribution is -2.11. The molecule has 0 saturated heterocycles. The van der Waals surface area contributed by atoms with Crippen LogP contribution in [0, 0.1) is 19.7 Å². The first kappa shape index (κ1) is 21.5. The summed E-state index contributed by atoms with van der Waals surface area (Å²) >= 11 is 0. The number of nitrogen functional groups attached to an aromatic ring is 2. The summed E-state index contributed by atoms with van der Waals surface area (Å²) in [5.41, 5.74) is 19.2. The van der Waals surface area contributed by atoms with Gasteiger partial charge >= 0.3 is 0 Å². The van der Waals surface area contributed by atoms with Gasteiger partial charge in [-0.25, -0.2) is 13.8 Å². The van der Waals surface area contributed by atoms with E-state index < -0.39 is 0 Å². The summed E-state index contributed by atoms with van der Waals surface area (Å²) in [5.74, 6) is 0.320. The van der Waals surface area contributed by atoms with Crippen molar-refractivity contribution >= 4 is 11.6 Å². The van der Waals surface area contributed by atoms with Gasteiger partial charge in [-0.15, -0.1) is 0 Å². The zero-order valence-corrected chi connectivity index (χ0v) is 19.0. The number of hydrogen-bond acceptors (Lipinski definition) is 4. The third-order valence-electron chi connectivity index (χ3n) is 6.07. The van der Waals surface area contributed by atoms with Crippen LogP contribution in [0.2, 0.25) is 0 Å². The zero-order chi connectivity index (χ0) is 23.8. The fourth-order valence-electron chi connectivity index (χ4n) is 4.49. The summed E-state index contributed by atoms with van der Waals surface area (Å²) in [6, 6.07) is 25.9. The van der Waals surface area contributed by atoms with Gasteiger partial charge < -0.3 is 11.5 Å². The molecule has 0 fully saturated rings. The highest BCUT2D eigenvalue weighted by Crippen LogP contribution is 2.42. The number of benzene rings is 3. The molecular formula is C27H25FN6. The van der Waals surface area contributed by atoms with E-state index in [1.165, 1.54) is 12.1 Å². The molecule has 0 unspecified atom stereocenters. The second-order valence-corrected chi connectivity index (χ2v) is 8.25. The van der Waals surface area contributed by atoms with Crippen molar-refractivity contribution in [3.63, 3.8) is 0 Å². The second-order valence-electron chi connectivity index (χ2n) is 8.25. The molecule has 0 saturated carbocycles. The molecule has 0 aliphatic carbocycles. The van der Waals surface area contributed by atoms with Crippen molar-refractivity contribution in [3.8, 4) is 11.4 Å². The second kappa shape index (κ2) is 8.51. The van der Waals surface area contributed by atoms with Gasteiger partial charge in [0.2, 0.25) is 0 Å². The largest absolute Gasteiger partial charge is 0.383 e. The SMILES string of the molecule is Cc1nn(-c2ccccc2)c(N)c1C(c1ccc(F)cc1)c1c(C)nn(-c2ccccc2)c1N. The van der Waals surface area contributed by atoms with Crippen molar-refractivity contribution in [2.75, 3.05) is 11.5 Å². The predicted molar refractivity (Wildman–Crippen MR) is 133 cm³/mol. The molecule has 170 valence electrons. The van der Waals surface area contributed by atoms with Crippen LogP contribution in [0.4, 0.5) is 16.0 Å². The van der Waals surface area contributed by atoms with Gasteiger partial charge in [0.25, 0.3) is 0 Å². The van der Waals surface area contributed by atoms with Gasteiger partial charge in [-0.3, -0.25) is 0 Å². The molecule has 6 nitrogen and oxygen atoms in total. The quantitative estimate of drug-likeness (QED) is 0.386. The molecule has 2 heterocycles. The minimum Gasteiger partial charge on any atom is -0.383 e. The molecule has 5 aromatic rings. The molecule has 7 heteroatoms. The van der Waals surface area contributed by atoms with Gasteiger partial charge in [-0.2, -0.15) is 10.2 Å². The third kappa shape index (κ3) is 3.61. The Kier molecular flexibility index (Phi) is 5.37. The van der Waals surface area contributed by atoms with Crippen LogP contribution in [-0.4, -0.2) is 19.6 Å². The first-order valence-electron chi connectivity index (χ1n) is 11.0. The van der Waals surface area contributed by atoms with E-state index in [2.05, 4.69) is 0 Å². The van der Waals surface area contributed by atoms with E-state index in [0.717, 1.165) is 39.5 Å². The minimum atomic E-state index is -0.379. The van der Waals surface area contributed by atoms with Crippen molar-refractivity contribution < 1.29 is 4.39 Å². The first-order valence-corrected chi connectivity index (χ1v) is 11.0. The van der Waals surface area contributed by atoms with E-state index >= 15 is 0 Å². The van der Waals surface area contributed by atoms with Gasteiger partial charge in [0.1, 0.15) is 17.5 Å². The van der Waals surface area contributed by atoms with Gasteiger partial charge in [0.15, 0.2) is 0 Å². The average Bonchev–Trinajstić information content (AvgIpc) is 3.32. The van der Waals surface area contributed by atoms with Crippen molar-refractivity contribution in [2.24, 2.45) is 0 Å².